The first kappa shape index (κ1) is 14.6. The van der Waals surface area contributed by atoms with Crippen LogP contribution in [0.4, 0.5) is 4.39 Å². The van der Waals surface area contributed by atoms with Gasteiger partial charge in [0.25, 0.3) is 0 Å². The Bertz CT molecular complexity index is 359. The Hall–Kier alpha value is -0.450. The molecule has 2 nitrogen and oxygen atoms in total. The predicted octanol–water partition coefficient (Wildman–Crippen LogP) is 3.45. The van der Waals surface area contributed by atoms with Gasteiger partial charge in [-0.1, -0.05) is 13.0 Å². The molecule has 0 aliphatic rings. The molecule has 0 heterocycles. The van der Waals surface area contributed by atoms with Gasteiger partial charge in [0.15, 0.2) is 0 Å². The Labute approximate surface area is 111 Å². The maximum Gasteiger partial charge on any atom is 0.137 e. The molecule has 1 unspecified atom stereocenters. The first-order valence-electron chi connectivity index (χ1n) is 5.75. The zero-order chi connectivity index (χ0) is 12.8. The average Bonchev–Trinajstić information content (AvgIpc) is 2.30. The van der Waals surface area contributed by atoms with Gasteiger partial charge >= 0.3 is 0 Å². The third-order valence-electron chi connectivity index (χ3n) is 2.81. The molecule has 0 bridgehead atoms. The zero-order valence-corrected chi connectivity index (χ0v) is 12.1. The van der Waals surface area contributed by atoms with E-state index in [2.05, 4.69) is 34.7 Å². The maximum absolute atomic E-state index is 13.1. The van der Waals surface area contributed by atoms with Gasteiger partial charge in [-0.25, -0.2) is 4.39 Å². The Balaban J connectivity index is 2.70. The summed E-state index contributed by atoms with van der Waals surface area (Å²) in [5, 5.41) is 0. The summed E-state index contributed by atoms with van der Waals surface area (Å²) in [4.78, 5) is 2.29. The van der Waals surface area contributed by atoms with Crippen molar-refractivity contribution in [3.05, 3.63) is 34.1 Å². The number of likely N-dealkylation sites (N-methyl/N-ethyl adjacent to an activating group) is 1. The molecule has 1 aromatic carbocycles. The summed E-state index contributed by atoms with van der Waals surface area (Å²) in [6, 6.07) is 5.50. The van der Waals surface area contributed by atoms with Crippen LogP contribution in [0.25, 0.3) is 0 Å². The number of ether oxygens (including phenoxy) is 1. The molecule has 0 fully saturated rings. The molecule has 0 radical (unpaired) electrons. The molecule has 96 valence electrons. The van der Waals surface area contributed by atoms with Gasteiger partial charge in [0.2, 0.25) is 0 Å². The van der Waals surface area contributed by atoms with Crippen LogP contribution in [-0.2, 0) is 11.3 Å². The molecule has 0 spiro atoms. The number of benzene rings is 1. The molecular weight excluding hydrogens is 285 g/mol. The maximum atomic E-state index is 13.1. The Kier molecular flexibility index (Phi) is 6.09. The van der Waals surface area contributed by atoms with Crippen LogP contribution in [0.5, 0.6) is 0 Å². The standard InChI is InChI=1S/C13H19BrFNO/c1-4-16(10(2)9-17-3)8-11-5-6-13(15)12(14)7-11/h5-7,10H,4,8-9H2,1-3H3. The van der Waals surface area contributed by atoms with E-state index in [9.17, 15) is 4.39 Å². The van der Waals surface area contributed by atoms with E-state index < -0.39 is 0 Å². The van der Waals surface area contributed by atoms with E-state index in [1.807, 2.05) is 12.1 Å². The zero-order valence-electron chi connectivity index (χ0n) is 10.5. The highest BCUT2D eigenvalue weighted by Gasteiger charge is 2.12. The van der Waals surface area contributed by atoms with E-state index in [0.29, 0.717) is 17.1 Å². The molecule has 0 amide bonds. The number of halogens is 2. The number of nitrogens with zero attached hydrogens (tertiary/aromatic N) is 1. The molecule has 1 aromatic rings. The highest BCUT2D eigenvalue weighted by molar-refractivity contribution is 9.10. The summed E-state index contributed by atoms with van der Waals surface area (Å²) in [5.41, 5.74) is 1.10. The summed E-state index contributed by atoms with van der Waals surface area (Å²) in [5.74, 6) is -0.221. The van der Waals surface area contributed by atoms with Crippen molar-refractivity contribution in [1.82, 2.24) is 4.90 Å². The number of rotatable bonds is 6. The van der Waals surface area contributed by atoms with E-state index >= 15 is 0 Å². The predicted molar refractivity (Wildman–Crippen MR) is 71.5 cm³/mol. The molecule has 0 aliphatic heterocycles. The molecule has 0 aromatic heterocycles. The normalized spacial score (nSPS) is 13.1. The Morgan fingerprint density at radius 3 is 2.71 bits per heavy atom. The van der Waals surface area contributed by atoms with E-state index in [-0.39, 0.29) is 5.82 Å². The van der Waals surface area contributed by atoms with Crippen molar-refractivity contribution in [1.29, 1.82) is 0 Å². The summed E-state index contributed by atoms with van der Waals surface area (Å²) in [7, 11) is 1.71. The fourth-order valence-corrected chi connectivity index (χ4v) is 2.22. The van der Waals surface area contributed by atoms with Crippen molar-refractivity contribution in [3.63, 3.8) is 0 Å². The van der Waals surface area contributed by atoms with E-state index in [1.54, 1.807) is 7.11 Å². The van der Waals surface area contributed by atoms with Crippen LogP contribution in [-0.4, -0.2) is 31.2 Å². The van der Waals surface area contributed by atoms with Gasteiger partial charge < -0.3 is 4.74 Å². The summed E-state index contributed by atoms with van der Waals surface area (Å²) < 4.78 is 18.8. The summed E-state index contributed by atoms with van der Waals surface area (Å²) >= 11 is 3.21. The molecular formula is C13H19BrFNO. The van der Waals surface area contributed by atoms with Crippen molar-refractivity contribution >= 4 is 15.9 Å². The second-order valence-corrected chi connectivity index (χ2v) is 4.97. The van der Waals surface area contributed by atoms with Crippen molar-refractivity contribution < 1.29 is 9.13 Å². The molecule has 0 saturated carbocycles. The molecule has 17 heavy (non-hydrogen) atoms. The van der Waals surface area contributed by atoms with Crippen LogP contribution in [0.1, 0.15) is 19.4 Å². The fourth-order valence-electron chi connectivity index (χ4n) is 1.80. The SMILES string of the molecule is CCN(Cc1ccc(F)c(Br)c1)C(C)COC. The van der Waals surface area contributed by atoms with Gasteiger partial charge in [-0.05, 0) is 47.1 Å². The van der Waals surface area contributed by atoms with Gasteiger partial charge in [0.05, 0.1) is 11.1 Å². The van der Waals surface area contributed by atoms with Crippen LogP contribution in [0, 0.1) is 5.82 Å². The smallest absolute Gasteiger partial charge is 0.137 e. The average molecular weight is 304 g/mol. The van der Waals surface area contributed by atoms with Crippen LogP contribution >= 0.6 is 15.9 Å². The third kappa shape index (κ3) is 4.37. The molecule has 1 atom stereocenters. The molecule has 0 N–H and O–H groups in total. The lowest BCUT2D eigenvalue weighted by atomic mass is 10.2. The summed E-state index contributed by atoms with van der Waals surface area (Å²) in [6.45, 7) is 6.70. The third-order valence-corrected chi connectivity index (χ3v) is 3.41. The number of methoxy groups -OCH3 is 1. The van der Waals surface area contributed by atoms with Gasteiger partial charge in [-0.2, -0.15) is 0 Å². The van der Waals surface area contributed by atoms with Gasteiger partial charge in [-0.15, -0.1) is 0 Å². The van der Waals surface area contributed by atoms with E-state index in [0.717, 1.165) is 18.7 Å². The molecule has 4 heteroatoms. The van der Waals surface area contributed by atoms with Gasteiger partial charge in [0.1, 0.15) is 5.82 Å². The molecule has 0 aliphatic carbocycles. The number of hydrogen-bond acceptors (Lipinski definition) is 2. The van der Waals surface area contributed by atoms with Gasteiger partial charge in [-0.3, -0.25) is 4.90 Å². The lowest BCUT2D eigenvalue weighted by Gasteiger charge is -2.27. The highest BCUT2D eigenvalue weighted by Crippen LogP contribution is 2.18. The monoisotopic (exact) mass is 303 g/mol. The molecule has 1 rings (SSSR count). The Morgan fingerprint density at radius 2 is 2.18 bits per heavy atom. The lowest BCUT2D eigenvalue weighted by molar-refractivity contribution is 0.0982. The minimum Gasteiger partial charge on any atom is -0.383 e. The van der Waals surface area contributed by atoms with Crippen molar-refractivity contribution in [3.8, 4) is 0 Å². The first-order chi connectivity index (χ1) is 8.08. The molecule has 0 saturated heterocycles. The quantitative estimate of drug-likeness (QED) is 0.798. The summed E-state index contributed by atoms with van der Waals surface area (Å²) in [6.07, 6.45) is 0. The van der Waals surface area contributed by atoms with Crippen molar-refractivity contribution in [2.45, 2.75) is 26.4 Å². The van der Waals surface area contributed by atoms with E-state index in [4.69, 9.17) is 4.74 Å². The largest absolute Gasteiger partial charge is 0.383 e. The minimum atomic E-state index is -0.221. The van der Waals surface area contributed by atoms with Crippen molar-refractivity contribution in [2.75, 3.05) is 20.3 Å². The second-order valence-electron chi connectivity index (χ2n) is 4.12. The lowest BCUT2D eigenvalue weighted by Crippen LogP contribution is -2.35. The van der Waals surface area contributed by atoms with Crippen LogP contribution < -0.4 is 0 Å². The van der Waals surface area contributed by atoms with Crippen LogP contribution in [0.15, 0.2) is 22.7 Å². The topological polar surface area (TPSA) is 12.5 Å². The Morgan fingerprint density at radius 1 is 1.47 bits per heavy atom. The van der Waals surface area contributed by atoms with E-state index in [1.165, 1.54) is 6.07 Å². The van der Waals surface area contributed by atoms with Crippen LogP contribution in [0.2, 0.25) is 0 Å². The highest BCUT2D eigenvalue weighted by atomic mass is 79.9. The minimum absolute atomic E-state index is 0.221. The number of hydrogen-bond donors (Lipinski definition) is 0. The fraction of sp³-hybridized carbons (Fsp3) is 0.538. The van der Waals surface area contributed by atoms with Crippen molar-refractivity contribution in [2.24, 2.45) is 0 Å². The van der Waals surface area contributed by atoms with Gasteiger partial charge in [0, 0.05) is 19.7 Å². The second kappa shape index (κ2) is 7.09. The van der Waals surface area contributed by atoms with Crippen LogP contribution in [0.3, 0.4) is 0 Å². The first-order valence-corrected chi connectivity index (χ1v) is 6.54.